The molecule has 0 unspecified atom stereocenters. The van der Waals surface area contributed by atoms with E-state index in [0.717, 1.165) is 36.4 Å². The van der Waals surface area contributed by atoms with Gasteiger partial charge in [-0.05, 0) is 126 Å². The van der Waals surface area contributed by atoms with Gasteiger partial charge in [-0.25, -0.2) is 0 Å². The Morgan fingerprint density at radius 3 is 0.848 bits per heavy atom. The Bertz CT molecular complexity index is 2400. The van der Waals surface area contributed by atoms with Crippen molar-refractivity contribution in [1.82, 2.24) is 0 Å². The maximum absolute atomic E-state index is 13.3. The van der Waals surface area contributed by atoms with Crippen LogP contribution in [0.15, 0.2) is 146 Å². The highest BCUT2D eigenvalue weighted by Gasteiger charge is 2.44. The fourth-order valence-corrected chi connectivity index (χ4v) is 6.21. The largest absolute Gasteiger partial charge is 0.573 e. The van der Waals surface area contributed by atoms with E-state index in [9.17, 15) is 53.9 Å². The number of hydrogen-bond acceptors (Lipinski definition) is 9. The molecule has 0 atom stereocenters. The second kappa shape index (κ2) is 19.4. The van der Waals surface area contributed by atoms with Gasteiger partial charge in [-0.3, -0.25) is 14.4 Å². The van der Waals surface area contributed by atoms with Gasteiger partial charge in [-0.2, -0.15) is 0 Å². The van der Waals surface area contributed by atoms with E-state index in [1.54, 1.807) is 18.2 Å². The van der Waals surface area contributed by atoms with E-state index in [1.807, 2.05) is 0 Å². The predicted molar refractivity (Wildman–Crippen MR) is 222 cm³/mol. The SMILES string of the molecule is O=C(Nc1ccc(OC(F)(F)F)cc1)c1cccc(B2OB(c3cccc(C(=O)Nc4ccc(OC(F)(F)F)cc4)c3)OB(c3cccc(C(=O)Nc4ccc(OC(F)(F)F)cc4)c3)O2)c1. The van der Waals surface area contributed by atoms with Crippen molar-refractivity contribution in [2.75, 3.05) is 16.0 Å². The summed E-state index contributed by atoms with van der Waals surface area (Å²) in [4.78, 5) is 40.0. The summed E-state index contributed by atoms with van der Waals surface area (Å²) < 4.78 is 144. The van der Waals surface area contributed by atoms with Crippen LogP contribution in [0.2, 0.25) is 0 Å². The van der Waals surface area contributed by atoms with Crippen LogP contribution in [0.1, 0.15) is 31.1 Å². The summed E-state index contributed by atoms with van der Waals surface area (Å²) in [6.07, 6.45) is -14.7. The van der Waals surface area contributed by atoms with Gasteiger partial charge in [0.2, 0.25) is 0 Å². The third-order valence-corrected chi connectivity index (χ3v) is 9.04. The number of benzene rings is 6. The number of alkyl halides is 9. The number of nitrogens with one attached hydrogen (secondary N) is 3. The van der Waals surface area contributed by atoms with Crippen LogP contribution in [0.3, 0.4) is 0 Å². The van der Waals surface area contributed by atoms with Crippen molar-refractivity contribution in [2.45, 2.75) is 19.1 Å². The third kappa shape index (κ3) is 13.1. The Hall–Kier alpha value is -7.43. The molecular weight excluding hydrogens is 894 g/mol. The molecule has 6 aromatic carbocycles. The molecule has 1 heterocycles. The molecule has 0 radical (unpaired) electrons. The van der Waals surface area contributed by atoms with Crippen LogP contribution in [-0.4, -0.2) is 58.2 Å². The molecule has 1 aliphatic heterocycles. The molecule has 0 bridgehead atoms. The summed E-state index contributed by atoms with van der Waals surface area (Å²) >= 11 is 0. The summed E-state index contributed by atoms with van der Waals surface area (Å²) in [7, 11) is -3.94. The van der Waals surface area contributed by atoms with Gasteiger partial charge in [0.25, 0.3) is 17.7 Å². The standard InChI is InChI=1S/C42H27B3F9N3O9/c46-40(47,48)61-34-16-10-31(11-17-34)55-37(58)25-4-1-7-28(22-25)43-64-44(29-8-2-5-26(23-29)38(59)56-32-12-18-35(19-13-32)62-41(49,50)51)66-45(65-43)30-9-3-6-27(24-30)39(60)57-33-14-20-36(21-15-33)63-42(52,53)54/h1-24H,(H,55,58)(H,56,59)(H,57,60). The number of rotatable bonds is 12. The Labute approximate surface area is 368 Å². The third-order valence-electron chi connectivity index (χ3n) is 9.04. The van der Waals surface area contributed by atoms with Crippen LogP contribution in [0.5, 0.6) is 17.2 Å². The topological polar surface area (TPSA) is 143 Å². The predicted octanol–water partition coefficient (Wildman–Crippen LogP) is 7.69. The highest BCUT2D eigenvalue weighted by Crippen LogP contribution is 2.27. The smallest absolute Gasteiger partial charge is 0.445 e. The van der Waals surface area contributed by atoms with E-state index in [4.69, 9.17) is 13.7 Å². The number of carbonyl (C=O) groups is 3. The fraction of sp³-hybridized carbons (Fsp3) is 0.0714. The molecule has 0 spiro atoms. The highest BCUT2D eigenvalue weighted by molar-refractivity contribution is 6.87. The van der Waals surface area contributed by atoms with E-state index < -0.39 is 75.4 Å². The second-order valence-corrected chi connectivity index (χ2v) is 13.9. The number of halogens is 9. The van der Waals surface area contributed by atoms with E-state index in [2.05, 4.69) is 30.2 Å². The fourth-order valence-electron chi connectivity index (χ4n) is 6.21. The van der Waals surface area contributed by atoms with Crippen LogP contribution >= 0.6 is 0 Å². The van der Waals surface area contributed by atoms with E-state index in [-0.39, 0.29) is 50.1 Å². The van der Waals surface area contributed by atoms with Crippen LogP contribution in [0.25, 0.3) is 0 Å². The van der Waals surface area contributed by atoms with Crippen LogP contribution in [0, 0.1) is 0 Å². The van der Waals surface area contributed by atoms with Crippen molar-refractivity contribution >= 4 is 72.5 Å². The van der Waals surface area contributed by atoms with Gasteiger partial charge >= 0.3 is 40.4 Å². The van der Waals surface area contributed by atoms with Gasteiger partial charge in [0.15, 0.2) is 0 Å². The molecular formula is C42H27B3F9N3O9. The zero-order chi connectivity index (χ0) is 47.2. The monoisotopic (exact) mass is 921 g/mol. The average molecular weight is 921 g/mol. The van der Waals surface area contributed by atoms with Crippen molar-refractivity contribution < 1.29 is 81.8 Å². The summed E-state index contributed by atoms with van der Waals surface area (Å²) in [6, 6.07) is 31.2. The number of amides is 3. The van der Waals surface area contributed by atoms with E-state index >= 15 is 0 Å². The Morgan fingerprint density at radius 2 is 0.621 bits per heavy atom. The lowest BCUT2D eigenvalue weighted by Gasteiger charge is -2.32. The molecule has 0 aromatic heterocycles. The summed E-state index contributed by atoms with van der Waals surface area (Å²) in [5, 5.41) is 7.74. The summed E-state index contributed by atoms with van der Waals surface area (Å²) in [6.45, 7) is 0. The van der Waals surface area contributed by atoms with Crippen LogP contribution < -0.4 is 46.5 Å². The summed E-state index contributed by atoms with van der Waals surface area (Å²) in [5.74, 6) is -3.49. The number of ether oxygens (including phenoxy) is 3. The van der Waals surface area contributed by atoms with Crippen molar-refractivity contribution in [3.8, 4) is 17.2 Å². The van der Waals surface area contributed by atoms with Crippen molar-refractivity contribution in [1.29, 1.82) is 0 Å². The molecule has 66 heavy (non-hydrogen) atoms. The van der Waals surface area contributed by atoms with Gasteiger partial charge in [0, 0.05) is 33.8 Å². The minimum Gasteiger partial charge on any atom is -0.445 e. The summed E-state index contributed by atoms with van der Waals surface area (Å²) in [5.41, 5.74) is 1.47. The zero-order valence-corrected chi connectivity index (χ0v) is 33.2. The number of hydrogen-bond donors (Lipinski definition) is 3. The first-order valence-corrected chi connectivity index (χ1v) is 19.0. The van der Waals surface area contributed by atoms with Crippen LogP contribution in [-0.2, 0) is 13.7 Å². The number of carbonyl (C=O) groups excluding carboxylic acids is 3. The lowest BCUT2D eigenvalue weighted by Crippen LogP contribution is -2.61. The molecule has 7 rings (SSSR count). The van der Waals surface area contributed by atoms with Gasteiger partial charge in [-0.1, -0.05) is 36.4 Å². The van der Waals surface area contributed by atoms with E-state index in [0.29, 0.717) is 0 Å². The first-order chi connectivity index (χ1) is 31.2. The van der Waals surface area contributed by atoms with Crippen LogP contribution in [0.4, 0.5) is 56.6 Å². The highest BCUT2D eigenvalue weighted by atomic mass is 19.4. The Kier molecular flexibility index (Phi) is 13.7. The molecule has 1 saturated heterocycles. The maximum atomic E-state index is 13.3. The normalized spacial score (nSPS) is 13.1. The van der Waals surface area contributed by atoms with Crippen molar-refractivity contribution in [3.05, 3.63) is 162 Å². The first-order valence-electron chi connectivity index (χ1n) is 19.0. The van der Waals surface area contributed by atoms with Gasteiger partial charge in [-0.15, -0.1) is 39.5 Å². The quantitative estimate of drug-likeness (QED) is 0.0833. The molecule has 0 saturated carbocycles. The average Bonchev–Trinajstić information content (AvgIpc) is 3.27. The molecule has 6 aromatic rings. The zero-order valence-electron chi connectivity index (χ0n) is 33.2. The van der Waals surface area contributed by atoms with Gasteiger partial charge < -0.3 is 43.9 Å². The van der Waals surface area contributed by atoms with Gasteiger partial charge in [0.1, 0.15) is 17.2 Å². The van der Waals surface area contributed by atoms with Crippen molar-refractivity contribution in [3.63, 3.8) is 0 Å². The molecule has 3 amide bonds. The Morgan fingerprint density at radius 1 is 0.379 bits per heavy atom. The van der Waals surface area contributed by atoms with E-state index in [1.165, 1.54) is 91.0 Å². The molecule has 1 fully saturated rings. The lowest BCUT2D eigenvalue weighted by molar-refractivity contribution is -0.275. The minimum absolute atomic E-state index is 0.0725. The molecule has 24 heteroatoms. The molecule has 336 valence electrons. The van der Waals surface area contributed by atoms with Gasteiger partial charge in [0.05, 0.1) is 0 Å². The second-order valence-electron chi connectivity index (χ2n) is 13.9. The Balaban J connectivity index is 1.13. The first kappa shape index (κ1) is 46.6. The maximum Gasteiger partial charge on any atom is 0.573 e. The number of anilines is 3. The molecule has 12 nitrogen and oxygen atoms in total. The minimum atomic E-state index is -4.92. The molecule has 0 aliphatic carbocycles. The lowest BCUT2D eigenvalue weighted by atomic mass is 9.61. The van der Waals surface area contributed by atoms with Crippen molar-refractivity contribution in [2.24, 2.45) is 0 Å². The molecule has 1 aliphatic rings. The molecule has 3 N–H and O–H groups in total.